The molecule has 0 aliphatic rings. The molecule has 0 amide bonds. The number of rotatable bonds is 2. The molecule has 1 heterocycles. The van der Waals surface area contributed by atoms with Crippen LogP contribution in [0.3, 0.4) is 0 Å². The van der Waals surface area contributed by atoms with Gasteiger partial charge in [0.2, 0.25) is 0 Å². The second-order valence-corrected chi connectivity index (χ2v) is 4.91. The van der Waals surface area contributed by atoms with Crippen molar-refractivity contribution in [2.75, 3.05) is 0 Å². The third-order valence-electron chi connectivity index (χ3n) is 2.62. The van der Waals surface area contributed by atoms with E-state index in [1.54, 1.807) is 24.3 Å². The van der Waals surface area contributed by atoms with Gasteiger partial charge in [-0.05, 0) is 30.3 Å². The van der Waals surface area contributed by atoms with Crippen LogP contribution in [0.2, 0.25) is 0 Å². The number of thiazole rings is 1. The Morgan fingerprint density at radius 1 is 1.17 bits per heavy atom. The monoisotopic (exact) mass is 257 g/mol. The van der Waals surface area contributed by atoms with Crippen LogP contribution in [-0.4, -0.2) is 11.3 Å². The molecule has 0 radical (unpaired) electrons. The van der Waals surface area contributed by atoms with E-state index in [1.807, 2.05) is 6.07 Å². The number of benzene rings is 2. The smallest absolute Gasteiger partial charge is 0.150 e. The lowest BCUT2D eigenvalue weighted by Crippen LogP contribution is -1.78. The maximum Gasteiger partial charge on any atom is 0.150 e. The zero-order chi connectivity index (χ0) is 12.5. The number of hydrogen-bond acceptors (Lipinski definition) is 3. The van der Waals surface area contributed by atoms with E-state index in [4.69, 9.17) is 0 Å². The van der Waals surface area contributed by atoms with Gasteiger partial charge in [0.1, 0.15) is 17.1 Å². The molecule has 2 nitrogen and oxygen atoms in total. The van der Waals surface area contributed by atoms with E-state index >= 15 is 0 Å². The fourth-order valence-corrected chi connectivity index (χ4v) is 2.77. The normalized spacial score (nSPS) is 10.7. The molecule has 4 heteroatoms. The molecule has 0 unspecified atom stereocenters. The highest BCUT2D eigenvalue weighted by Gasteiger charge is 2.07. The van der Waals surface area contributed by atoms with E-state index in [-0.39, 0.29) is 5.82 Å². The lowest BCUT2D eigenvalue weighted by Gasteiger charge is -1.94. The van der Waals surface area contributed by atoms with Crippen molar-refractivity contribution in [2.45, 2.75) is 0 Å². The Morgan fingerprint density at radius 2 is 2.06 bits per heavy atom. The van der Waals surface area contributed by atoms with Crippen LogP contribution >= 0.6 is 11.3 Å². The second kappa shape index (κ2) is 4.31. The average Bonchev–Trinajstić information content (AvgIpc) is 2.81. The van der Waals surface area contributed by atoms with Crippen LogP contribution < -0.4 is 0 Å². The molecular formula is C14H8FNOS. The average molecular weight is 257 g/mol. The van der Waals surface area contributed by atoms with Gasteiger partial charge in [-0.2, -0.15) is 0 Å². The van der Waals surface area contributed by atoms with Crippen molar-refractivity contribution in [3.63, 3.8) is 0 Å². The summed E-state index contributed by atoms with van der Waals surface area (Å²) in [6, 6.07) is 11.7. The molecular weight excluding hydrogens is 249 g/mol. The highest BCUT2D eigenvalue weighted by atomic mass is 32.1. The van der Waals surface area contributed by atoms with E-state index in [2.05, 4.69) is 4.98 Å². The van der Waals surface area contributed by atoms with Gasteiger partial charge >= 0.3 is 0 Å². The first kappa shape index (κ1) is 11.0. The van der Waals surface area contributed by atoms with Gasteiger partial charge in [-0.15, -0.1) is 11.3 Å². The first-order valence-corrected chi connectivity index (χ1v) is 6.19. The topological polar surface area (TPSA) is 30.0 Å². The van der Waals surface area contributed by atoms with Crippen molar-refractivity contribution in [3.8, 4) is 10.6 Å². The summed E-state index contributed by atoms with van der Waals surface area (Å²) in [5.41, 5.74) is 2.20. The van der Waals surface area contributed by atoms with Crippen LogP contribution in [0.15, 0.2) is 42.5 Å². The minimum atomic E-state index is -0.277. The van der Waals surface area contributed by atoms with Gasteiger partial charge < -0.3 is 0 Å². The number of aldehydes is 1. The highest BCUT2D eigenvalue weighted by molar-refractivity contribution is 7.21. The van der Waals surface area contributed by atoms with Crippen LogP contribution in [0.25, 0.3) is 20.8 Å². The van der Waals surface area contributed by atoms with Crippen molar-refractivity contribution in [1.82, 2.24) is 4.98 Å². The molecule has 0 saturated carbocycles. The lowest BCUT2D eigenvalue weighted by molar-refractivity contribution is 0.112. The molecule has 2 aromatic carbocycles. The van der Waals surface area contributed by atoms with Crippen LogP contribution in [0.1, 0.15) is 10.4 Å². The fraction of sp³-hybridized carbons (Fsp3) is 0. The molecule has 3 aromatic rings. The Morgan fingerprint density at radius 3 is 2.83 bits per heavy atom. The van der Waals surface area contributed by atoms with Crippen molar-refractivity contribution in [3.05, 3.63) is 53.8 Å². The van der Waals surface area contributed by atoms with E-state index in [0.717, 1.165) is 27.1 Å². The van der Waals surface area contributed by atoms with Gasteiger partial charge in [-0.3, -0.25) is 4.79 Å². The van der Waals surface area contributed by atoms with Crippen LogP contribution in [0.4, 0.5) is 4.39 Å². The molecule has 3 rings (SSSR count). The number of fused-ring (bicyclic) bond motifs is 1. The van der Waals surface area contributed by atoms with E-state index in [9.17, 15) is 9.18 Å². The summed E-state index contributed by atoms with van der Waals surface area (Å²) in [7, 11) is 0. The van der Waals surface area contributed by atoms with Crippen molar-refractivity contribution < 1.29 is 9.18 Å². The molecule has 88 valence electrons. The Kier molecular flexibility index (Phi) is 2.64. The van der Waals surface area contributed by atoms with Crippen molar-refractivity contribution in [2.24, 2.45) is 0 Å². The van der Waals surface area contributed by atoms with E-state index in [1.165, 1.54) is 23.5 Å². The summed E-state index contributed by atoms with van der Waals surface area (Å²) in [5, 5.41) is 0.757. The Balaban J connectivity index is 2.16. The van der Waals surface area contributed by atoms with Crippen LogP contribution in [-0.2, 0) is 0 Å². The summed E-state index contributed by atoms with van der Waals surface area (Å²) in [5.74, 6) is -0.277. The summed E-state index contributed by atoms with van der Waals surface area (Å²) in [6.45, 7) is 0. The zero-order valence-electron chi connectivity index (χ0n) is 9.26. The van der Waals surface area contributed by atoms with E-state index < -0.39 is 0 Å². The molecule has 0 aliphatic heterocycles. The van der Waals surface area contributed by atoms with Crippen molar-refractivity contribution >= 4 is 27.8 Å². The Bertz CT molecular complexity index is 735. The molecule has 0 saturated heterocycles. The minimum absolute atomic E-state index is 0.277. The highest BCUT2D eigenvalue weighted by Crippen LogP contribution is 2.30. The largest absolute Gasteiger partial charge is 0.298 e. The number of carbonyl (C=O) groups excluding carboxylic acids is 1. The summed E-state index contributed by atoms with van der Waals surface area (Å²) in [6.07, 6.45) is 0.807. The summed E-state index contributed by atoms with van der Waals surface area (Å²) in [4.78, 5) is 15.1. The maximum absolute atomic E-state index is 13.2. The molecule has 0 spiro atoms. The molecule has 0 atom stereocenters. The summed E-state index contributed by atoms with van der Waals surface area (Å²) >= 11 is 1.45. The van der Waals surface area contributed by atoms with Crippen molar-refractivity contribution in [1.29, 1.82) is 0 Å². The van der Waals surface area contributed by atoms with Gasteiger partial charge in [0, 0.05) is 11.1 Å². The number of carbonyl (C=O) groups is 1. The molecule has 0 fully saturated rings. The maximum atomic E-state index is 13.2. The number of nitrogens with zero attached hydrogens (tertiary/aromatic N) is 1. The van der Waals surface area contributed by atoms with Gasteiger partial charge in [-0.25, -0.2) is 9.37 Å². The van der Waals surface area contributed by atoms with Gasteiger partial charge in [0.05, 0.1) is 10.2 Å². The third-order valence-corrected chi connectivity index (χ3v) is 3.69. The molecule has 1 aromatic heterocycles. The Hall–Kier alpha value is -2.07. The predicted octanol–water partition coefficient (Wildman–Crippen LogP) is 3.91. The first-order chi connectivity index (χ1) is 8.76. The molecule has 0 aliphatic carbocycles. The van der Waals surface area contributed by atoms with Gasteiger partial charge in [-0.1, -0.05) is 12.1 Å². The quantitative estimate of drug-likeness (QED) is 0.651. The first-order valence-electron chi connectivity index (χ1n) is 5.38. The summed E-state index contributed by atoms with van der Waals surface area (Å²) < 4.78 is 14.1. The standard InChI is InChI=1S/C14H8FNOS/c15-11-3-1-2-10(7-11)14-16-12-5-4-9(8-17)6-13(12)18-14/h1-8H. The molecule has 18 heavy (non-hydrogen) atoms. The predicted molar refractivity (Wildman–Crippen MR) is 70.4 cm³/mol. The van der Waals surface area contributed by atoms with Gasteiger partial charge in [0.15, 0.2) is 0 Å². The second-order valence-electron chi connectivity index (χ2n) is 3.87. The Labute approximate surface area is 107 Å². The molecule has 0 bridgehead atoms. The number of aromatic nitrogens is 1. The van der Waals surface area contributed by atoms with Crippen LogP contribution in [0, 0.1) is 5.82 Å². The van der Waals surface area contributed by atoms with Gasteiger partial charge in [0.25, 0.3) is 0 Å². The number of hydrogen-bond donors (Lipinski definition) is 0. The third kappa shape index (κ3) is 1.91. The van der Waals surface area contributed by atoms with Crippen LogP contribution in [0.5, 0.6) is 0 Å². The minimum Gasteiger partial charge on any atom is -0.298 e. The molecule has 0 N–H and O–H groups in total. The zero-order valence-corrected chi connectivity index (χ0v) is 10.1. The SMILES string of the molecule is O=Cc1ccc2nc(-c3cccc(F)c3)sc2c1. The fourth-order valence-electron chi connectivity index (χ4n) is 1.76. The lowest BCUT2D eigenvalue weighted by atomic mass is 10.2. The van der Waals surface area contributed by atoms with E-state index in [0.29, 0.717) is 5.56 Å². The number of halogens is 1.